The van der Waals surface area contributed by atoms with E-state index in [1.54, 1.807) is 11.9 Å². The molecule has 2 atom stereocenters. The summed E-state index contributed by atoms with van der Waals surface area (Å²) in [5.74, 6) is 0.416. The Morgan fingerprint density at radius 2 is 2.00 bits per heavy atom. The molecule has 5 heteroatoms. The van der Waals surface area contributed by atoms with Crippen molar-refractivity contribution in [3.63, 3.8) is 0 Å². The molecule has 0 aromatic heterocycles. The highest BCUT2D eigenvalue weighted by Crippen LogP contribution is 2.34. The average Bonchev–Trinajstić information content (AvgIpc) is 3.07. The van der Waals surface area contributed by atoms with Gasteiger partial charge >= 0.3 is 0 Å². The predicted molar refractivity (Wildman–Crippen MR) is 90.2 cm³/mol. The Balaban J connectivity index is 1.64. The summed E-state index contributed by atoms with van der Waals surface area (Å²) in [5.41, 5.74) is 1.26. The normalized spacial score (nSPS) is 24.8. The smallest absolute Gasteiger partial charge is 0.239 e. The minimum Gasteiger partial charge on any atom is -0.368 e. The SMILES string of the molecule is CNC(=O)CN1CCC(C2CCCN2c2ccccc2)CC1=O. The summed E-state index contributed by atoms with van der Waals surface area (Å²) < 4.78 is 0. The molecule has 5 nitrogen and oxygen atoms in total. The van der Waals surface area contributed by atoms with E-state index in [-0.39, 0.29) is 18.4 Å². The molecule has 1 N–H and O–H groups in total. The molecule has 0 saturated carbocycles. The van der Waals surface area contributed by atoms with Gasteiger partial charge in [0.1, 0.15) is 0 Å². The molecule has 2 aliphatic heterocycles. The lowest BCUT2D eigenvalue weighted by Crippen LogP contribution is -2.48. The lowest BCUT2D eigenvalue weighted by Gasteiger charge is -2.38. The third-order valence-corrected chi connectivity index (χ3v) is 5.10. The lowest BCUT2D eigenvalue weighted by atomic mass is 9.87. The van der Waals surface area contributed by atoms with Gasteiger partial charge < -0.3 is 15.1 Å². The van der Waals surface area contributed by atoms with E-state index in [4.69, 9.17) is 0 Å². The van der Waals surface area contributed by atoms with E-state index in [2.05, 4.69) is 34.5 Å². The van der Waals surface area contributed by atoms with E-state index < -0.39 is 0 Å². The Kier molecular flexibility index (Phi) is 4.84. The number of likely N-dealkylation sites (N-methyl/N-ethyl adjacent to an activating group) is 1. The van der Waals surface area contributed by atoms with Crippen molar-refractivity contribution in [2.45, 2.75) is 31.7 Å². The largest absolute Gasteiger partial charge is 0.368 e. The van der Waals surface area contributed by atoms with Crippen molar-refractivity contribution >= 4 is 17.5 Å². The number of likely N-dealkylation sites (tertiary alicyclic amines) is 1. The van der Waals surface area contributed by atoms with E-state index in [1.807, 2.05) is 6.07 Å². The Morgan fingerprint density at radius 3 is 2.70 bits per heavy atom. The van der Waals surface area contributed by atoms with E-state index in [0.717, 1.165) is 19.4 Å². The van der Waals surface area contributed by atoms with Gasteiger partial charge in [-0.2, -0.15) is 0 Å². The summed E-state index contributed by atoms with van der Waals surface area (Å²) in [7, 11) is 1.61. The van der Waals surface area contributed by atoms with Crippen LogP contribution in [0.4, 0.5) is 5.69 Å². The van der Waals surface area contributed by atoms with E-state index >= 15 is 0 Å². The molecule has 3 rings (SSSR count). The molecule has 0 aliphatic carbocycles. The molecular formula is C18H25N3O2. The second-order valence-electron chi connectivity index (χ2n) is 6.48. The van der Waals surface area contributed by atoms with E-state index in [0.29, 0.717) is 24.9 Å². The van der Waals surface area contributed by atoms with Crippen LogP contribution in [0, 0.1) is 5.92 Å². The number of hydrogen-bond acceptors (Lipinski definition) is 3. The third-order valence-electron chi connectivity index (χ3n) is 5.10. The maximum atomic E-state index is 12.4. The number of piperidine rings is 1. The number of nitrogens with zero attached hydrogens (tertiary/aromatic N) is 2. The standard InChI is InChI=1S/C18H25N3O2/c1-19-17(22)13-20-11-9-14(12-18(20)23)16-8-5-10-21(16)15-6-3-2-4-7-15/h2-4,6-7,14,16H,5,8-13H2,1H3,(H,19,22). The number of para-hydroxylation sites is 1. The van der Waals surface area contributed by atoms with E-state index in [9.17, 15) is 9.59 Å². The molecule has 0 radical (unpaired) electrons. The Bertz CT molecular complexity index is 561. The Labute approximate surface area is 137 Å². The second-order valence-corrected chi connectivity index (χ2v) is 6.48. The van der Waals surface area contributed by atoms with Crippen molar-refractivity contribution in [1.29, 1.82) is 0 Å². The minimum atomic E-state index is -0.0939. The number of amides is 2. The first-order chi connectivity index (χ1) is 11.2. The van der Waals surface area contributed by atoms with Crippen molar-refractivity contribution in [2.24, 2.45) is 5.92 Å². The van der Waals surface area contributed by atoms with Gasteiger partial charge in [-0.15, -0.1) is 0 Å². The summed E-state index contributed by atoms with van der Waals surface area (Å²) >= 11 is 0. The molecule has 2 heterocycles. The number of anilines is 1. The van der Waals surface area contributed by atoms with Crippen molar-refractivity contribution in [1.82, 2.24) is 10.2 Å². The second kappa shape index (κ2) is 7.02. The van der Waals surface area contributed by atoms with Crippen LogP contribution in [-0.4, -0.2) is 49.4 Å². The van der Waals surface area contributed by atoms with Gasteiger partial charge in [-0.25, -0.2) is 0 Å². The molecule has 1 aromatic rings. The van der Waals surface area contributed by atoms with Crippen molar-refractivity contribution in [3.05, 3.63) is 30.3 Å². The number of benzene rings is 1. The number of carbonyl (C=O) groups is 2. The van der Waals surface area contributed by atoms with Crippen LogP contribution in [0.2, 0.25) is 0 Å². The summed E-state index contributed by atoms with van der Waals surface area (Å²) in [4.78, 5) is 28.0. The molecule has 0 spiro atoms. The monoisotopic (exact) mass is 315 g/mol. The maximum absolute atomic E-state index is 12.4. The Morgan fingerprint density at radius 1 is 1.22 bits per heavy atom. The van der Waals surface area contributed by atoms with Crippen LogP contribution in [0.15, 0.2) is 30.3 Å². The van der Waals surface area contributed by atoms with Crippen LogP contribution < -0.4 is 10.2 Å². The fraction of sp³-hybridized carbons (Fsp3) is 0.556. The first-order valence-corrected chi connectivity index (χ1v) is 8.49. The van der Waals surface area contributed by atoms with Gasteiger partial charge in [0.05, 0.1) is 6.54 Å². The zero-order valence-electron chi connectivity index (χ0n) is 13.7. The highest BCUT2D eigenvalue weighted by molar-refractivity contribution is 5.85. The molecule has 2 aliphatic rings. The van der Waals surface area contributed by atoms with Gasteiger partial charge in [0.15, 0.2) is 0 Å². The van der Waals surface area contributed by atoms with E-state index in [1.165, 1.54) is 12.1 Å². The summed E-state index contributed by atoms with van der Waals surface area (Å²) in [6.07, 6.45) is 3.89. The highest BCUT2D eigenvalue weighted by atomic mass is 16.2. The molecule has 2 fully saturated rings. The number of hydrogen-bond donors (Lipinski definition) is 1. The van der Waals surface area contributed by atoms with Crippen LogP contribution in [0.25, 0.3) is 0 Å². The first kappa shape index (κ1) is 15.8. The number of nitrogens with one attached hydrogen (secondary N) is 1. The van der Waals surface area contributed by atoms with Crippen LogP contribution in [0.5, 0.6) is 0 Å². The third kappa shape index (κ3) is 3.49. The Hall–Kier alpha value is -2.04. The van der Waals surface area contributed by atoms with Crippen molar-refractivity contribution in [3.8, 4) is 0 Å². The van der Waals surface area contributed by atoms with Gasteiger partial charge in [0.25, 0.3) is 0 Å². The molecule has 2 unspecified atom stereocenters. The van der Waals surface area contributed by atoms with Gasteiger partial charge in [-0.05, 0) is 37.3 Å². The molecule has 2 amide bonds. The zero-order chi connectivity index (χ0) is 16.2. The predicted octanol–water partition coefficient (Wildman–Crippen LogP) is 1.64. The molecule has 23 heavy (non-hydrogen) atoms. The van der Waals surface area contributed by atoms with Gasteiger partial charge in [0.2, 0.25) is 11.8 Å². The topological polar surface area (TPSA) is 52.7 Å². The quantitative estimate of drug-likeness (QED) is 0.919. The van der Waals surface area contributed by atoms with Gasteiger partial charge in [0, 0.05) is 38.3 Å². The van der Waals surface area contributed by atoms with Gasteiger partial charge in [-0.3, -0.25) is 9.59 Å². The molecule has 1 aromatic carbocycles. The summed E-state index contributed by atoms with van der Waals surface area (Å²) in [6.45, 7) is 1.95. The number of rotatable bonds is 4. The molecule has 2 saturated heterocycles. The number of carbonyl (C=O) groups excluding carboxylic acids is 2. The zero-order valence-corrected chi connectivity index (χ0v) is 13.7. The fourth-order valence-electron chi connectivity index (χ4n) is 3.87. The molecular weight excluding hydrogens is 290 g/mol. The highest BCUT2D eigenvalue weighted by Gasteiger charge is 2.37. The van der Waals surface area contributed by atoms with Crippen LogP contribution in [0.1, 0.15) is 25.7 Å². The molecule has 0 bridgehead atoms. The summed E-state index contributed by atoms with van der Waals surface area (Å²) in [6, 6.07) is 10.9. The summed E-state index contributed by atoms with van der Waals surface area (Å²) in [5, 5.41) is 2.59. The van der Waals surface area contributed by atoms with Crippen LogP contribution in [-0.2, 0) is 9.59 Å². The van der Waals surface area contributed by atoms with Crippen molar-refractivity contribution < 1.29 is 9.59 Å². The molecule has 124 valence electrons. The van der Waals surface area contributed by atoms with Crippen LogP contribution >= 0.6 is 0 Å². The minimum absolute atomic E-state index is 0.0939. The first-order valence-electron chi connectivity index (χ1n) is 8.49. The van der Waals surface area contributed by atoms with Gasteiger partial charge in [-0.1, -0.05) is 18.2 Å². The lowest BCUT2D eigenvalue weighted by molar-refractivity contribution is -0.139. The van der Waals surface area contributed by atoms with Crippen molar-refractivity contribution in [2.75, 3.05) is 31.6 Å². The maximum Gasteiger partial charge on any atom is 0.239 e. The van der Waals surface area contributed by atoms with Crippen LogP contribution in [0.3, 0.4) is 0 Å². The average molecular weight is 315 g/mol. The fourth-order valence-corrected chi connectivity index (χ4v) is 3.87.